The van der Waals surface area contributed by atoms with Gasteiger partial charge in [-0.05, 0) is 74.6 Å². The fourth-order valence-corrected chi connectivity index (χ4v) is 4.37. The third-order valence-electron chi connectivity index (χ3n) is 6.49. The van der Waals surface area contributed by atoms with Crippen LogP contribution in [-0.4, -0.2) is 10.5 Å². The minimum atomic E-state index is -0.362. The average molecular weight is 389 g/mol. The Morgan fingerprint density at radius 2 is 1.76 bits per heavy atom. The van der Waals surface area contributed by atoms with Crippen molar-refractivity contribution in [3.63, 3.8) is 0 Å². The molecule has 152 valence electrons. The summed E-state index contributed by atoms with van der Waals surface area (Å²) in [5, 5.41) is 4.39. The Hall–Kier alpha value is -2.55. The summed E-state index contributed by atoms with van der Waals surface area (Å²) in [6.07, 6.45) is 1.84. The second-order valence-electron chi connectivity index (χ2n) is 9.63. The van der Waals surface area contributed by atoms with E-state index in [-0.39, 0.29) is 16.7 Å². The number of amides is 1. The molecule has 1 aliphatic rings. The van der Waals surface area contributed by atoms with Gasteiger partial charge in [0.05, 0.1) is 5.41 Å². The summed E-state index contributed by atoms with van der Waals surface area (Å²) < 4.78 is 2.37. The monoisotopic (exact) mass is 388 g/mol. The van der Waals surface area contributed by atoms with E-state index in [1.54, 1.807) is 0 Å². The molecule has 0 bridgehead atoms. The largest absolute Gasteiger partial charge is 0.344 e. The Bertz CT molecular complexity index is 1090. The van der Waals surface area contributed by atoms with E-state index < -0.39 is 0 Å². The van der Waals surface area contributed by atoms with E-state index in [1.807, 2.05) is 6.07 Å². The smallest absolute Gasteiger partial charge is 0.235 e. The number of nitrogens with one attached hydrogen (secondary N) is 1. The summed E-state index contributed by atoms with van der Waals surface area (Å²) in [6.45, 7) is 14.1. The fourth-order valence-electron chi connectivity index (χ4n) is 4.37. The van der Waals surface area contributed by atoms with Crippen molar-refractivity contribution in [1.82, 2.24) is 4.57 Å². The lowest BCUT2D eigenvalue weighted by Crippen LogP contribution is -2.27. The van der Waals surface area contributed by atoms with Crippen LogP contribution in [0.4, 0.5) is 5.69 Å². The van der Waals surface area contributed by atoms with Crippen LogP contribution in [0.15, 0.2) is 42.5 Å². The standard InChI is InChI=1S/C26H32N2O/c1-7-28-22-11-10-21(15-19(22)16-23(28)25(4,5)6)27-24(29)26(12-13-26)20-9-8-17(2)18(3)14-20/h8-11,14-16H,7,12-13H2,1-6H3,(H,27,29). The molecule has 3 heteroatoms. The molecule has 2 aromatic carbocycles. The zero-order valence-corrected chi connectivity index (χ0v) is 18.5. The molecule has 1 heterocycles. The van der Waals surface area contributed by atoms with Crippen LogP contribution in [-0.2, 0) is 22.2 Å². The van der Waals surface area contributed by atoms with Crippen LogP contribution in [0.3, 0.4) is 0 Å². The molecule has 29 heavy (non-hydrogen) atoms. The van der Waals surface area contributed by atoms with Gasteiger partial charge in [-0.25, -0.2) is 0 Å². The number of carbonyl (C=O) groups excluding carboxylic acids is 1. The first-order valence-corrected chi connectivity index (χ1v) is 10.7. The third kappa shape index (κ3) is 3.37. The van der Waals surface area contributed by atoms with Crippen molar-refractivity contribution in [3.05, 3.63) is 64.8 Å². The van der Waals surface area contributed by atoms with Crippen LogP contribution in [0, 0.1) is 13.8 Å². The van der Waals surface area contributed by atoms with Crippen molar-refractivity contribution >= 4 is 22.5 Å². The lowest BCUT2D eigenvalue weighted by Gasteiger charge is -2.21. The molecule has 1 fully saturated rings. The number of hydrogen-bond acceptors (Lipinski definition) is 1. The number of rotatable bonds is 4. The molecule has 1 N–H and O–H groups in total. The number of aromatic nitrogens is 1. The van der Waals surface area contributed by atoms with Crippen LogP contribution in [0.2, 0.25) is 0 Å². The molecule has 0 unspecified atom stereocenters. The van der Waals surface area contributed by atoms with Crippen LogP contribution >= 0.6 is 0 Å². The van der Waals surface area contributed by atoms with Gasteiger partial charge in [0.2, 0.25) is 5.91 Å². The van der Waals surface area contributed by atoms with Crippen molar-refractivity contribution in [2.24, 2.45) is 0 Å². The van der Waals surface area contributed by atoms with E-state index in [1.165, 1.54) is 27.7 Å². The van der Waals surface area contributed by atoms with Gasteiger partial charge in [-0.15, -0.1) is 0 Å². The predicted octanol–water partition coefficient (Wildman–Crippen LogP) is 6.25. The maximum absolute atomic E-state index is 13.2. The number of hydrogen-bond donors (Lipinski definition) is 1. The molecule has 0 aliphatic heterocycles. The zero-order valence-electron chi connectivity index (χ0n) is 18.5. The minimum absolute atomic E-state index is 0.0831. The Balaban J connectivity index is 1.64. The van der Waals surface area contributed by atoms with Crippen molar-refractivity contribution in [3.8, 4) is 0 Å². The summed E-state index contributed by atoms with van der Waals surface area (Å²) in [5.74, 6) is 0.117. The van der Waals surface area contributed by atoms with Gasteiger partial charge in [0.15, 0.2) is 0 Å². The fraction of sp³-hybridized carbons (Fsp3) is 0.423. The molecule has 1 aromatic heterocycles. The van der Waals surface area contributed by atoms with Crippen molar-refractivity contribution in [2.75, 3.05) is 5.32 Å². The maximum atomic E-state index is 13.2. The number of benzene rings is 2. The molecule has 1 amide bonds. The van der Waals surface area contributed by atoms with Gasteiger partial charge in [0.25, 0.3) is 0 Å². The second-order valence-corrected chi connectivity index (χ2v) is 9.63. The lowest BCUT2D eigenvalue weighted by atomic mass is 9.92. The first-order chi connectivity index (χ1) is 13.7. The van der Waals surface area contributed by atoms with E-state index in [0.717, 1.165) is 30.6 Å². The summed E-state index contributed by atoms with van der Waals surface area (Å²) in [4.78, 5) is 13.2. The Kier molecular flexibility index (Phi) is 4.60. The first-order valence-electron chi connectivity index (χ1n) is 10.7. The highest BCUT2D eigenvalue weighted by Gasteiger charge is 2.51. The normalized spacial score (nSPS) is 15.5. The SMILES string of the molecule is CCn1c(C(C)(C)C)cc2cc(NC(=O)C3(c4ccc(C)c(C)c4)CC3)ccc21. The van der Waals surface area contributed by atoms with Crippen molar-refractivity contribution < 1.29 is 4.79 Å². The third-order valence-corrected chi connectivity index (χ3v) is 6.49. The van der Waals surface area contributed by atoms with Crippen LogP contribution in [0.25, 0.3) is 10.9 Å². The molecule has 3 aromatic rings. The molecule has 1 saturated carbocycles. The van der Waals surface area contributed by atoms with Gasteiger partial charge in [0, 0.05) is 34.2 Å². The molecular formula is C26H32N2O. The number of anilines is 1. The molecule has 0 saturated heterocycles. The molecule has 0 spiro atoms. The molecular weight excluding hydrogens is 356 g/mol. The van der Waals surface area contributed by atoms with Crippen LogP contribution in [0.1, 0.15) is 62.9 Å². The van der Waals surface area contributed by atoms with Gasteiger partial charge < -0.3 is 9.88 Å². The van der Waals surface area contributed by atoms with Crippen LogP contribution in [0.5, 0.6) is 0 Å². The number of aryl methyl sites for hydroxylation is 3. The zero-order chi connectivity index (χ0) is 21.0. The summed E-state index contributed by atoms with van der Waals surface area (Å²) in [7, 11) is 0. The van der Waals surface area contributed by atoms with E-state index in [4.69, 9.17) is 0 Å². The molecule has 1 aliphatic carbocycles. The number of fused-ring (bicyclic) bond motifs is 1. The number of nitrogens with zero attached hydrogens (tertiary/aromatic N) is 1. The van der Waals surface area contributed by atoms with Gasteiger partial charge in [-0.1, -0.05) is 39.0 Å². The summed E-state index contributed by atoms with van der Waals surface area (Å²) in [5.41, 5.74) is 6.82. The second kappa shape index (κ2) is 6.76. The highest BCUT2D eigenvalue weighted by atomic mass is 16.2. The van der Waals surface area contributed by atoms with Crippen molar-refractivity contribution in [2.45, 2.75) is 71.8 Å². The Morgan fingerprint density at radius 3 is 2.34 bits per heavy atom. The summed E-state index contributed by atoms with van der Waals surface area (Å²) in [6, 6.07) is 15.0. The molecule has 4 rings (SSSR count). The Labute approximate surface area is 174 Å². The summed E-state index contributed by atoms with van der Waals surface area (Å²) >= 11 is 0. The van der Waals surface area contributed by atoms with Gasteiger partial charge >= 0.3 is 0 Å². The topological polar surface area (TPSA) is 34.0 Å². The molecule has 0 radical (unpaired) electrons. The quantitative estimate of drug-likeness (QED) is 0.563. The molecule has 0 atom stereocenters. The highest BCUT2D eigenvalue weighted by molar-refractivity contribution is 6.02. The van der Waals surface area contributed by atoms with E-state index in [0.29, 0.717) is 0 Å². The minimum Gasteiger partial charge on any atom is -0.344 e. The Morgan fingerprint density at radius 1 is 1.03 bits per heavy atom. The maximum Gasteiger partial charge on any atom is 0.235 e. The van der Waals surface area contributed by atoms with Crippen LogP contribution < -0.4 is 5.32 Å². The van der Waals surface area contributed by atoms with Gasteiger partial charge in [-0.2, -0.15) is 0 Å². The van der Waals surface area contributed by atoms with E-state index in [2.05, 4.69) is 87.8 Å². The predicted molar refractivity (Wildman–Crippen MR) is 122 cm³/mol. The van der Waals surface area contributed by atoms with Crippen molar-refractivity contribution in [1.29, 1.82) is 0 Å². The first kappa shape index (κ1) is 19.8. The lowest BCUT2D eigenvalue weighted by molar-refractivity contribution is -0.118. The van der Waals surface area contributed by atoms with Gasteiger partial charge in [-0.3, -0.25) is 4.79 Å². The highest BCUT2D eigenvalue weighted by Crippen LogP contribution is 2.49. The van der Waals surface area contributed by atoms with Gasteiger partial charge in [0.1, 0.15) is 0 Å². The number of carbonyl (C=O) groups is 1. The average Bonchev–Trinajstić information content (AvgIpc) is 3.38. The molecule has 3 nitrogen and oxygen atoms in total. The van der Waals surface area contributed by atoms with E-state index in [9.17, 15) is 4.79 Å². The van der Waals surface area contributed by atoms with E-state index >= 15 is 0 Å².